The number of ether oxygens (including phenoxy) is 1. The molecule has 0 radical (unpaired) electrons. The van der Waals surface area contributed by atoms with E-state index >= 15 is 0 Å². The van der Waals surface area contributed by atoms with Crippen molar-refractivity contribution in [2.24, 2.45) is 0 Å². The average Bonchev–Trinajstić information content (AvgIpc) is 2.30. The molecule has 0 fully saturated rings. The summed E-state index contributed by atoms with van der Waals surface area (Å²) < 4.78 is 4.84. The number of hydrogen-bond donors (Lipinski definition) is 0. The monoisotopic (exact) mass is 315 g/mol. The minimum Gasteiger partial charge on any atom is -0.466 e. The summed E-state index contributed by atoms with van der Waals surface area (Å²) in [5.74, 6) is -0.355. The van der Waals surface area contributed by atoms with E-state index in [0.29, 0.717) is 28.1 Å². The van der Waals surface area contributed by atoms with Gasteiger partial charge in [-0.15, -0.1) is 0 Å². The molecule has 1 rings (SSSR count). The number of nitrogens with zero attached hydrogens (tertiary/aromatic N) is 1. The van der Waals surface area contributed by atoms with E-state index < -0.39 is 0 Å². The van der Waals surface area contributed by atoms with E-state index in [2.05, 4.69) is 15.9 Å². The molecule has 1 aromatic carbocycles. The van der Waals surface area contributed by atoms with Crippen LogP contribution in [0, 0.1) is 11.3 Å². The molecule has 0 aliphatic carbocycles. The van der Waals surface area contributed by atoms with Gasteiger partial charge in [-0.3, -0.25) is 4.79 Å². The second-order valence-corrected chi connectivity index (χ2v) is 4.24. The van der Waals surface area contributed by atoms with Gasteiger partial charge in [0.2, 0.25) is 0 Å². The summed E-state index contributed by atoms with van der Waals surface area (Å²) in [6.07, 6.45) is 0.0685. The second-order valence-electron chi connectivity index (χ2n) is 3.30. The number of benzene rings is 1. The molecule has 1 aromatic rings. The van der Waals surface area contributed by atoms with Gasteiger partial charge in [0.1, 0.15) is 6.07 Å². The van der Waals surface area contributed by atoms with Crippen molar-refractivity contribution in [3.63, 3.8) is 0 Å². The van der Waals surface area contributed by atoms with Crippen molar-refractivity contribution in [1.29, 1.82) is 5.26 Å². The summed E-state index contributed by atoms with van der Waals surface area (Å²) in [7, 11) is 0. The number of nitriles is 1. The second kappa shape index (κ2) is 6.63. The number of halogens is 2. The fraction of sp³-hybridized carbons (Fsp3) is 0.333. The minimum atomic E-state index is -0.355. The lowest BCUT2D eigenvalue weighted by Gasteiger charge is -2.08. The normalized spacial score (nSPS) is 9.76. The molecule has 0 heterocycles. The highest BCUT2D eigenvalue weighted by Crippen LogP contribution is 2.26. The van der Waals surface area contributed by atoms with E-state index in [9.17, 15) is 4.79 Å². The number of carbonyl (C=O) groups is 1. The fourth-order valence-electron chi connectivity index (χ4n) is 1.40. The van der Waals surface area contributed by atoms with Crippen LogP contribution in [0.4, 0.5) is 0 Å². The van der Waals surface area contributed by atoms with Crippen LogP contribution in [0.5, 0.6) is 0 Å². The van der Waals surface area contributed by atoms with Crippen LogP contribution in [0.1, 0.15) is 23.6 Å². The molecular formula is C12H11BrClNO2. The van der Waals surface area contributed by atoms with Crippen LogP contribution in [-0.2, 0) is 21.3 Å². The number of esters is 1. The number of carbonyl (C=O) groups excluding carboxylic acids is 1. The van der Waals surface area contributed by atoms with Crippen molar-refractivity contribution in [2.45, 2.75) is 18.7 Å². The molecule has 90 valence electrons. The van der Waals surface area contributed by atoms with E-state index in [-0.39, 0.29) is 12.4 Å². The Morgan fingerprint density at radius 2 is 2.18 bits per heavy atom. The standard InChI is InChI=1S/C12H11BrClNO2/c1-2-17-11(16)5-8-3-4-9(6-13)12(14)10(8)7-15/h3-4H,2,5-6H2,1H3. The molecule has 0 spiro atoms. The number of rotatable bonds is 4. The third-order valence-corrected chi connectivity index (χ3v) is 3.24. The van der Waals surface area contributed by atoms with Gasteiger partial charge in [-0.05, 0) is 18.1 Å². The molecule has 0 aromatic heterocycles. The molecule has 0 atom stereocenters. The summed E-state index contributed by atoms with van der Waals surface area (Å²) in [5, 5.41) is 10.0. The SMILES string of the molecule is CCOC(=O)Cc1ccc(CBr)c(Cl)c1C#N. The van der Waals surface area contributed by atoms with Crippen molar-refractivity contribution < 1.29 is 9.53 Å². The van der Waals surface area contributed by atoms with Gasteiger partial charge >= 0.3 is 5.97 Å². The first-order valence-corrected chi connectivity index (χ1v) is 6.55. The van der Waals surface area contributed by atoms with Gasteiger partial charge in [0.15, 0.2) is 0 Å². The zero-order valence-electron chi connectivity index (χ0n) is 9.30. The first kappa shape index (κ1) is 14.0. The smallest absolute Gasteiger partial charge is 0.310 e. The van der Waals surface area contributed by atoms with Crippen LogP contribution in [0.3, 0.4) is 0 Å². The fourth-order valence-corrected chi connectivity index (χ4v) is 2.32. The molecule has 0 aliphatic rings. The Kier molecular flexibility index (Phi) is 5.46. The third-order valence-electron chi connectivity index (χ3n) is 2.20. The Bertz CT molecular complexity index is 468. The Labute approximate surface area is 113 Å². The average molecular weight is 317 g/mol. The molecular weight excluding hydrogens is 305 g/mol. The maximum Gasteiger partial charge on any atom is 0.310 e. The van der Waals surface area contributed by atoms with E-state index in [4.69, 9.17) is 21.6 Å². The molecule has 0 saturated carbocycles. The van der Waals surface area contributed by atoms with Gasteiger partial charge in [-0.1, -0.05) is 39.7 Å². The van der Waals surface area contributed by atoms with Crippen molar-refractivity contribution in [2.75, 3.05) is 6.61 Å². The van der Waals surface area contributed by atoms with Gasteiger partial charge in [0.25, 0.3) is 0 Å². The highest BCUT2D eigenvalue weighted by Gasteiger charge is 2.14. The van der Waals surface area contributed by atoms with Crippen LogP contribution in [-0.4, -0.2) is 12.6 Å². The molecule has 0 unspecified atom stereocenters. The van der Waals surface area contributed by atoms with E-state index in [1.807, 2.05) is 6.07 Å². The highest BCUT2D eigenvalue weighted by atomic mass is 79.9. The Morgan fingerprint density at radius 3 is 2.71 bits per heavy atom. The maximum absolute atomic E-state index is 11.4. The molecule has 0 bridgehead atoms. The molecule has 5 heteroatoms. The molecule has 17 heavy (non-hydrogen) atoms. The Morgan fingerprint density at radius 1 is 1.53 bits per heavy atom. The summed E-state index contributed by atoms with van der Waals surface area (Å²) >= 11 is 9.36. The van der Waals surface area contributed by atoms with E-state index in [0.717, 1.165) is 5.56 Å². The van der Waals surface area contributed by atoms with Crippen LogP contribution in [0.25, 0.3) is 0 Å². The zero-order chi connectivity index (χ0) is 12.8. The van der Waals surface area contributed by atoms with Crippen molar-refractivity contribution in [3.05, 3.63) is 33.8 Å². The van der Waals surface area contributed by atoms with Gasteiger partial charge in [0, 0.05) is 5.33 Å². The number of alkyl halides is 1. The molecule has 0 saturated heterocycles. The van der Waals surface area contributed by atoms with Crippen LogP contribution in [0.2, 0.25) is 5.02 Å². The van der Waals surface area contributed by atoms with Crippen LogP contribution in [0.15, 0.2) is 12.1 Å². The Hall–Kier alpha value is -1.05. The summed E-state index contributed by atoms with van der Waals surface area (Å²) in [6, 6.07) is 5.56. The van der Waals surface area contributed by atoms with Gasteiger partial charge < -0.3 is 4.74 Å². The van der Waals surface area contributed by atoms with E-state index in [1.54, 1.807) is 19.1 Å². The van der Waals surface area contributed by atoms with Crippen molar-refractivity contribution >= 4 is 33.5 Å². The quantitative estimate of drug-likeness (QED) is 0.633. The summed E-state index contributed by atoms with van der Waals surface area (Å²) in [4.78, 5) is 11.4. The maximum atomic E-state index is 11.4. The van der Waals surface area contributed by atoms with Crippen molar-refractivity contribution in [3.8, 4) is 6.07 Å². The molecule has 0 N–H and O–H groups in total. The highest BCUT2D eigenvalue weighted by molar-refractivity contribution is 9.08. The largest absolute Gasteiger partial charge is 0.466 e. The number of hydrogen-bond acceptors (Lipinski definition) is 3. The van der Waals surface area contributed by atoms with Crippen LogP contribution >= 0.6 is 27.5 Å². The van der Waals surface area contributed by atoms with Gasteiger partial charge in [-0.25, -0.2) is 0 Å². The first-order chi connectivity index (χ1) is 8.13. The van der Waals surface area contributed by atoms with Crippen molar-refractivity contribution in [1.82, 2.24) is 0 Å². The summed E-state index contributed by atoms with van der Waals surface area (Å²) in [6.45, 7) is 2.07. The summed E-state index contributed by atoms with van der Waals surface area (Å²) in [5.41, 5.74) is 1.77. The van der Waals surface area contributed by atoms with Crippen LogP contribution < -0.4 is 0 Å². The Balaban J connectivity index is 3.06. The van der Waals surface area contributed by atoms with Gasteiger partial charge in [-0.2, -0.15) is 5.26 Å². The zero-order valence-corrected chi connectivity index (χ0v) is 11.6. The van der Waals surface area contributed by atoms with E-state index in [1.165, 1.54) is 0 Å². The lowest BCUT2D eigenvalue weighted by Crippen LogP contribution is -2.09. The predicted molar refractivity (Wildman–Crippen MR) is 69.1 cm³/mol. The first-order valence-electron chi connectivity index (χ1n) is 5.06. The topological polar surface area (TPSA) is 50.1 Å². The molecule has 3 nitrogen and oxygen atoms in total. The lowest BCUT2D eigenvalue weighted by atomic mass is 10.0. The lowest BCUT2D eigenvalue weighted by molar-refractivity contribution is -0.142. The molecule has 0 amide bonds. The predicted octanol–water partition coefficient (Wildman–Crippen LogP) is 3.21. The molecule has 0 aliphatic heterocycles. The minimum absolute atomic E-state index is 0.0685. The third kappa shape index (κ3) is 3.45. The van der Waals surface area contributed by atoms with Gasteiger partial charge in [0.05, 0.1) is 23.6 Å².